The first-order chi connectivity index (χ1) is 7.51. The van der Waals surface area contributed by atoms with Crippen LogP contribution in [0.5, 0.6) is 0 Å². The summed E-state index contributed by atoms with van der Waals surface area (Å²) >= 11 is 0. The fourth-order valence-corrected chi connectivity index (χ4v) is 1.19. The first kappa shape index (κ1) is 15.2. The van der Waals surface area contributed by atoms with Crippen LogP contribution in [0.1, 0.15) is 27.7 Å². The normalized spacial score (nSPS) is 10.9. The van der Waals surface area contributed by atoms with Crippen LogP contribution in [0.3, 0.4) is 0 Å². The Balaban J connectivity index is 4.05. The molecule has 96 valence electrons. The summed E-state index contributed by atoms with van der Waals surface area (Å²) in [5, 5.41) is 2.81. The van der Waals surface area contributed by atoms with Crippen molar-refractivity contribution in [2.45, 2.75) is 40.0 Å². The van der Waals surface area contributed by atoms with Gasteiger partial charge in [0, 0.05) is 26.3 Å². The molecular weight excluding hydrogens is 208 g/mol. The molecule has 0 saturated carbocycles. The van der Waals surface area contributed by atoms with Crippen LogP contribution < -0.4 is 5.32 Å². The van der Waals surface area contributed by atoms with Crippen molar-refractivity contribution < 1.29 is 14.3 Å². The first-order valence-corrected chi connectivity index (χ1v) is 5.76. The van der Waals surface area contributed by atoms with Gasteiger partial charge in [0.1, 0.15) is 0 Å². The van der Waals surface area contributed by atoms with Crippen molar-refractivity contribution in [1.29, 1.82) is 0 Å². The van der Waals surface area contributed by atoms with E-state index in [1.165, 1.54) is 0 Å². The Morgan fingerprint density at radius 3 is 2.12 bits per heavy atom. The van der Waals surface area contributed by atoms with Gasteiger partial charge in [-0.1, -0.05) is 0 Å². The molecule has 0 aromatic carbocycles. The summed E-state index contributed by atoms with van der Waals surface area (Å²) in [7, 11) is 1.72. The summed E-state index contributed by atoms with van der Waals surface area (Å²) in [6.07, 6.45) is -0.349. The van der Waals surface area contributed by atoms with Gasteiger partial charge in [0.15, 0.2) is 6.29 Å². The molecule has 5 heteroatoms. The number of carbonyl (C=O) groups is 1. The molecule has 0 fully saturated rings. The predicted molar refractivity (Wildman–Crippen MR) is 63.3 cm³/mol. The van der Waals surface area contributed by atoms with E-state index in [4.69, 9.17) is 9.47 Å². The maximum Gasteiger partial charge on any atom is 0.317 e. The van der Waals surface area contributed by atoms with E-state index in [1.807, 2.05) is 27.7 Å². The van der Waals surface area contributed by atoms with E-state index in [0.29, 0.717) is 19.8 Å². The highest BCUT2D eigenvalue weighted by Gasteiger charge is 2.16. The maximum atomic E-state index is 11.6. The SMILES string of the molecule is CCOC(CN(C)C(=O)NC(C)C)OCC. The third-order valence-corrected chi connectivity index (χ3v) is 1.89. The molecule has 0 saturated heterocycles. The van der Waals surface area contributed by atoms with E-state index in [0.717, 1.165) is 0 Å². The number of nitrogens with one attached hydrogen (secondary N) is 1. The lowest BCUT2D eigenvalue weighted by Crippen LogP contribution is -2.44. The van der Waals surface area contributed by atoms with E-state index >= 15 is 0 Å². The standard InChI is InChI=1S/C11H24N2O3/c1-6-15-10(16-7-2)8-13(5)11(14)12-9(3)4/h9-10H,6-8H2,1-5H3,(H,12,14). The van der Waals surface area contributed by atoms with Gasteiger partial charge in [-0.25, -0.2) is 4.79 Å². The average Bonchev–Trinajstić information content (AvgIpc) is 2.17. The van der Waals surface area contributed by atoms with Gasteiger partial charge in [0.2, 0.25) is 0 Å². The minimum Gasteiger partial charge on any atom is -0.351 e. The van der Waals surface area contributed by atoms with Crippen molar-refractivity contribution in [3.63, 3.8) is 0 Å². The van der Waals surface area contributed by atoms with E-state index in [2.05, 4.69) is 5.32 Å². The number of rotatable bonds is 7. The molecule has 0 aliphatic rings. The Kier molecular flexibility index (Phi) is 7.93. The minimum atomic E-state index is -0.349. The summed E-state index contributed by atoms with van der Waals surface area (Å²) in [6.45, 7) is 9.23. The highest BCUT2D eigenvalue weighted by atomic mass is 16.7. The highest BCUT2D eigenvalue weighted by Crippen LogP contribution is 1.99. The number of ether oxygens (including phenoxy) is 2. The van der Waals surface area contributed by atoms with Gasteiger partial charge < -0.3 is 19.7 Å². The van der Waals surface area contributed by atoms with Gasteiger partial charge in [-0.3, -0.25) is 0 Å². The number of carbonyl (C=O) groups excluding carboxylic acids is 1. The highest BCUT2D eigenvalue weighted by molar-refractivity contribution is 5.74. The predicted octanol–water partition coefficient (Wildman–Crippen LogP) is 1.44. The molecule has 0 heterocycles. The lowest BCUT2D eigenvalue weighted by Gasteiger charge is -2.24. The molecule has 0 atom stereocenters. The molecule has 16 heavy (non-hydrogen) atoms. The van der Waals surface area contributed by atoms with Crippen molar-refractivity contribution in [3.05, 3.63) is 0 Å². The zero-order chi connectivity index (χ0) is 12.6. The molecule has 0 rings (SSSR count). The average molecular weight is 232 g/mol. The third kappa shape index (κ3) is 6.63. The molecule has 0 unspecified atom stereocenters. The zero-order valence-corrected chi connectivity index (χ0v) is 10.9. The van der Waals surface area contributed by atoms with Crippen molar-refractivity contribution in [3.8, 4) is 0 Å². The number of urea groups is 1. The van der Waals surface area contributed by atoms with Crippen LogP contribution in [0.15, 0.2) is 0 Å². The van der Waals surface area contributed by atoms with Gasteiger partial charge in [-0.05, 0) is 27.7 Å². The number of amides is 2. The lowest BCUT2D eigenvalue weighted by atomic mass is 10.4. The van der Waals surface area contributed by atoms with E-state index in [9.17, 15) is 4.79 Å². The van der Waals surface area contributed by atoms with Gasteiger partial charge >= 0.3 is 6.03 Å². The van der Waals surface area contributed by atoms with Gasteiger partial charge in [-0.15, -0.1) is 0 Å². The minimum absolute atomic E-state index is 0.112. The van der Waals surface area contributed by atoms with Gasteiger partial charge in [-0.2, -0.15) is 0 Å². The van der Waals surface area contributed by atoms with Crippen LogP contribution in [-0.4, -0.2) is 50.1 Å². The van der Waals surface area contributed by atoms with Crippen molar-refractivity contribution >= 4 is 6.03 Å². The number of hydrogen-bond donors (Lipinski definition) is 1. The Bertz CT molecular complexity index is 192. The molecule has 5 nitrogen and oxygen atoms in total. The summed E-state index contributed by atoms with van der Waals surface area (Å²) in [4.78, 5) is 13.2. The zero-order valence-electron chi connectivity index (χ0n) is 10.9. The third-order valence-electron chi connectivity index (χ3n) is 1.89. The van der Waals surface area contributed by atoms with Crippen molar-refractivity contribution in [1.82, 2.24) is 10.2 Å². The first-order valence-electron chi connectivity index (χ1n) is 5.76. The Morgan fingerprint density at radius 2 is 1.75 bits per heavy atom. The van der Waals surface area contributed by atoms with Gasteiger partial charge in [0.25, 0.3) is 0 Å². The summed E-state index contributed by atoms with van der Waals surface area (Å²) in [5.41, 5.74) is 0. The molecule has 0 aliphatic heterocycles. The molecule has 0 aromatic heterocycles. The van der Waals surface area contributed by atoms with Crippen molar-refractivity contribution in [2.75, 3.05) is 26.8 Å². The smallest absolute Gasteiger partial charge is 0.317 e. The topological polar surface area (TPSA) is 50.8 Å². The molecule has 0 spiro atoms. The molecular formula is C11H24N2O3. The fourth-order valence-electron chi connectivity index (χ4n) is 1.19. The summed E-state index contributed by atoms with van der Waals surface area (Å²) in [5.74, 6) is 0. The van der Waals surface area contributed by atoms with Crippen LogP contribution in [-0.2, 0) is 9.47 Å². The quantitative estimate of drug-likeness (QED) is 0.676. The van der Waals surface area contributed by atoms with Crippen LogP contribution in [0.4, 0.5) is 4.79 Å². The summed E-state index contributed by atoms with van der Waals surface area (Å²) < 4.78 is 10.7. The second kappa shape index (κ2) is 8.35. The monoisotopic (exact) mass is 232 g/mol. The van der Waals surface area contributed by atoms with E-state index in [1.54, 1.807) is 11.9 Å². The molecule has 0 radical (unpaired) electrons. The Labute approximate surface area is 98.1 Å². The molecule has 0 aromatic rings. The van der Waals surface area contributed by atoms with Crippen LogP contribution >= 0.6 is 0 Å². The van der Waals surface area contributed by atoms with E-state index < -0.39 is 0 Å². The van der Waals surface area contributed by atoms with Crippen molar-refractivity contribution in [2.24, 2.45) is 0 Å². The summed E-state index contributed by atoms with van der Waals surface area (Å²) in [6, 6.07) is 0.0204. The second-order valence-electron chi connectivity index (χ2n) is 3.82. The fraction of sp³-hybridized carbons (Fsp3) is 0.909. The maximum absolute atomic E-state index is 11.6. The molecule has 1 N–H and O–H groups in total. The van der Waals surface area contributed by atoms with E-state index in [-0.39, 0.29) is 18.4 Å². The molecule has 0 bridgehead atoms. The van der Waals surface area contributed by atoms with Gasteiger partial charge in [0.05, 0.1) is 6.54 Å². The molecule has 0 aliphatic carbocycles. The van der Waals surface area contributed by atoms with Crippen LogP contribution in [0.25, 0.3) is 0 Å². The molecule has 2 amide bonds. The Hall–Kier alpha value is -0.810. The number of hydrogen-bond acceptors (Lipinski definition) is 3. The second-order valence-corrected chi connectivity index (χ2v) is 3.82. The van der Waals surface area contributed by atoms with Crippen LogP contribution in [0.2, 0.25) is 0 Å². The van der Waals surface area contributed by atoms with Crippen LogP contribution in [0, 0.1) is 0 Å². The Morgan fingerprint density at radius 1 is 1.25 bits per heavy atom. The number of nitrogens with zero attached hydrogens (tertiary/aromatic N) is 1. The lowest BCUT2D eigenvalue weighted by molar-refractivity contribution is -0.141. The largest absolute Gasteiger partial charge is 0.351 e. The number of likely N-dealkylation sites (N-methyl/N-ethyl adjacent to an activating group) is 1.